The summed E-state index contributed by atoms with van der Waals surface area (Å²) in [6.45, 7) is 2.75. The third-order valence-corrected chi connectivity index (χ3v) is 6.40. The van der Waals surface area contributed by atoms with E-state index in [1.165, 1.54) is 35.4 Å². The van der Waals surface area contributed by atoms with Crippen LogP contribution in [0.4, 0.5) is 0 Å². The first-order valence-electron chi connectivity index (χ1n) is 8.80. The number of benzene rings is 2. The highest BCUT2D eigenvalue weighted by Crippen LogP contribution is 2.40. The number of hydrogen-bond donors (Lipinski definition) is 4. The van der Waals surface area contributed by atoms with E-state index in [2.05, 4.69) is 10.6 Å². The van der Waals surface area contributed by atoms with Gasteiger partial charge in [0.2, 0.25) is 0 Å². The van der Waals surface area contributed by atoms with Gasteiger partial charge in [0.25, 0.3) is 11.8 Å². The van der Waals surface area contributed by atoms with Crippen molar-refractivity contribution in [1.82, 2.24) is 10.6 Å². The van der Waals surface area contributed by atoms with E-state index in [0.29, 0.717) is 20.9 Å². The number of carbonyl (C=O) groups excluding carboxylic acids is 2. The van der Waals surface area contributed by atoms with Crippen molar-refractivity contribution in [2.75, 3.05) is 0 Å². The quantitative estimate of drug-likeness (QED) is 0.431. The molecule has 0 unspecified atom stereocenters. The van der Waals surface area contributed by atoms with Crippen LogP contribution in [0.15, 0.2) is 58.3 Å². The molecule has 0 aliphatic carbocycles. The molecule has 0 bridgehead atoms. The number of hydrogen-bond acceptors (Lipinski definition) is 6. The lowest BCUT2D eigenvalue weighted by atomic mass is 10.2. The first-order valence-corrected chi connectivity index (χ1v) is 11.0. The molecule has 2 rings (SSSR count). The van der Waals surface area contributed by atoms with Gasteiger partial charge in [0, 0.05) is 9.79 Å². The van der Waals surface area contributed by atoms with Crippen molar-refractivity contribution in [2.24, 2.45) is 0 Å². The Morgan fingerprint density at radius 3 is 1.37 bits per heavy atom. The van der Waals surface area contributed by atoms with Gasteiger partial charge in [-0.25, -0.2) is 0 Å². The molecule has 0 aliphatic rings. The number of nitrogens with one attached hydrogen (secondary N) is 2. The van der Waals surface area contributed by atoms with Crippen molar-refractivity contribution in [2.45, 2.75) is 35.7 Å². The lowest BCUT2D eigenvalue weighted by Gasteiger charge is -2.14. The molecule has 0 aliphatic heterocycles. The second-order valence-corrected chi connectivity index (χ2v) is 8.44. The summed E-state index contributed by atoms with van der Waals surface area (Å²) in [5.41, 5.74) is 0.620. The van der Waals surface area contributed by atoms with E-state index in [4.69, 9.17) is 10.2 Å². The van der Waals surface area contributed by atoms with Gasteiger partial charge in [0.1, 0.15) is 12.1 Å². The summed E-state index contributed by atoms with van der Waals surface area (Å²) in [7, 11) is 2.47. The van der Waals surface area contributed by atoms with Crippen LogP contribution in [-0.4, -0.2) is 46.0 Å². The Morgan fingerprint density at radius 2 is 1.03 bits per heavy atom. The molecule has 2 atom stereocenters. The monoisotopic (exact) mass is 448 g/mol. The molecular weight excluding hydrogens is 428 g/mol. The minimum atomic E-state index is -1.14. The summed E-state index contributed by atoms with van der Waals surface area (Å²) in [5, 5.41) is 22.8. The first-order chi connectivity index (χ1) is 14.2. The number of aliphatic carboxylic acids is 2. The Kier molecular flexibility index (Phi) is 8.31. The molecule has 0 saturated carbocycles. The molecule has 8 nitrogen and oxygen atoms in total. The molecule has 2 aromatic rings. The fraction of sp³-hybridized carbons (Fsp3) is 0.200. The zero-order chi connectivity index (χ0) is 22.3. The van der Waals surface area contributed by atoms with Crippen LogP contribution < -0.4 is 10.6 Å². The highest BCUT2D eigenvalue weighted by molar-refractivity contribution is 8.76. The molecule has 0 heterocycles. The van der Waals surface area contributed by atoms with Crippen LogP contribution in [-0.2, 0) is 9.59 Å². The van der Waals surface area contributed by atoms with Gasteiger partial charge in [-0.15, -0.1) is 0 Å². The number of rotatable bonds is 9. The molecule has 2 aromatic carbocycles. The maximum absolute atomic E-state index is 12.4. The molecule has 0 aromatic heterocycles. The Hall–Kier alpha value is -2.98. The highest BCUT2D eigenvalue weighted by Gasteiger charge is 2.20. The Bertz CT molecular complexity index is 888. The first kappa shape index (κ1) is 23.3. The summed E-state index contributed by atoms with van der Waals surface area (Å²) in [4.78, 5) is 48.0. The molecule has 10 heteroatoms. The van der Waals surface area contributed by atoms with Crippen molar-refractivity contribution in [3.05, 3.63) is 59.7 Å². The van der Waals surface area contributed by atoms with Crippen molar-refractivity contribution in [3.8, 4) is 0 Å². The molecule has 158 valence electrons. The molecule has 2 amide bonds. The van der Waals surface area contributed by atoms with Crippen LogP contribution >= 0.6 is 21.6 Å². The van der Waals surface area contributed by atoms with Gasteiger partial charge in [0.15, 0.2) is 0 Å². The molecule has 0 saturated heterocycles. The van der Waals surface area contributed by atoms with E-state index < -0.39 is 35.8 Å². The van der Waals surface area contributed by atoms with Gasteiger partial charge >= 0.3 is 11.9 Å². The number of carboxylic acid groups (broad SMARTS) is 2. The molecular formula is C20H20N2O6S2. The predicted molar refractivity (Wildman–Crippen MR) is 114 cm³/mol. The summed E-state index contributed by atoms with van der Waals surface area (Å²) in [6.07, 6.45) is 0. The zero-order valence-electron chi connectivity index (χ0n) is 16.1. The molecule has 0 radical (unpaired) electrons. The van der Waals surface area contributed by atoms with E-state index in [1.54, 1.807) is 48.5 Å². The third kappa shape index (κ3) is 6.26. The van der Waals surface area contributed by atoms with Crippen LogP contribution in [0.1, 0.15) is 34.6 Å². The van der Waals surface area contributed by atoms with E-state index in [1.807, 2.05) is 0 Å². The molecule has 4 N–H and O–H groups in total. The maximum Gasteiger partial charge on any atom is 0.325 e. The fourth-order valence-corrected chi connectivity index (χ4v) is 4.58. The van der Waals surface area contributed by atoms with Gasteiger partial charge in [-0.1, -0.05) is 45.9 Å². The number of carbonyl (C=O) groups is 4. The van der Waals surface area contributed by atoms with Crippen LogP contribution in [0.5, 0.6) is 0 Å². The topological polar surface area (TPSA) is 133 Å². The Morgan fingerprint density at radius 1 is 0.700 bits per heavy atom. The van der Waals surface area contributed by atoms with Crippen LogP contribution in [0.3, 0.4) is 0 Å². The summed E-state index contributed by atoms with van der Waals surface area (Å²) in [6, 6.07) is 11.3. The second kappa shape index (κ2) is 10.7. The predicted octanol–water partition coefficient (Wildman–Crippen LogP) is 2.89. The fourth-order valence-electron chi connectivity index (χ4n) is 2.22. The lowest BCUT2D eigenvalue weighted by molar-refractivity contribution is -0.139. The van der Waals surface area contributed by atoms with E-state index in [0.717, 1.165) is 0 Å². The summed E-state index contributed by atoms with van der Waals surface area (Å²) >= 11 is 0. The summed E-state index contributed by atoms with van der Waals surface area (Å²) < 4.78 is 0. The largest absolute Gasteiger partial charge is 0.480 e. The average molecular weight is 449 g/mol. The second-order valence-electron chi connectivity index (χ2n) is 6.23. The maximum atomic E-state index is 12.4. The zero-order valence-corrected chi connectivity index (χ0v) is 17.8. The van der Waals surface area contributed by atoms with Gasteiger partial charge in [-0.2, -0.15) is 0 Å². The van der Waals surface area contributed by atoms with E-state index in [9.17, 15) is 19.2 Å². The smallest absolute Gasteiger partial charge is 0.325 e. The number of amides is 2. The van der Waals surface area contributed by atoms with Crippen molar-refractivity contribution in [1.29, 1.82) is 0 Å². The van der Waals surface area contributed by atoms with Gasteiger partial charge in [-0.3, -0.25) is 19.2 Å². The van der Waals surface area contributed by atoms with Crippen molar-refractivity contribution >= 4 is 45.3 Å². The standard InChI is InChI=1S/C20H20N2O6S2/c1-11(19(25)26)21-17(23)13-7-3-5-9-15(13)29-30-16-10-6-4-8-14(16)18(24)22-12(2)20(27)28/h3-12H,1-2H3,(H,21,23)(H,22,24)(H,25,26)(H,27,28)/t11-,12-/m0/s1. The molecule has 0 fully saturated rings. The molecule has 30 heavy (non-hydrogen) atoms. The average Bonchev–Trinajstić information content (AvgIpc) is 2.72. The van der Waals surface area contributed by atoms with Gasteiger partial charge in [-0.05, 0) is 38.1 Å². The van der Waals surface area contributed by atoms with E-state index in [-0.39, 0.29) is 0 Å². The molecule has 0 spiro atoms. The van der Waals surface area contributed by atoms with Crippen LogP contribution in [0, 0.1) is 0 Å². The summed E-state index contributed by atoms with van der Waals surface area (Å²) in [5.74, 6) is -3.32. The Labute approximate surface area is 180 Å². The van der Waals surface area contributed by atoms with Crippen molar-refractivity contribution < 1.29 is 29.4 Å². The SMILES string of the molecule is C[C@H](NC(=O)c1ccccc1SSc1ccccc1C(=O)N[C@@H](C)C(=O)O)C(=O)O. The lowest BCUT2D eigenvalue weighted by Crippen LogP contribution is -2.38. The van der Waals surface area contributed by atoms with Crippen LogP contribution in [0.2, 0.25) is 0 Å². The van der Waals surface area contributed by atoms with Gasteiger partial charge in [0.05, 0.1) is 11.1 Å². The van der Waals surface area contributed by atoms with Crippen molar-refractivity contribution in [3.63, 3.8) is 0 Å². The minimum Gasteiger partial charge on any atom is -0.480 e. The minimum absolute atomic E-state index is 0.310. The third-order valence-electron chi connectivity index (χ3n) is 3.92. The van der Waals surface area contributed by atoms with Gasteiger partial charge < -0.3 is 20.8 Å². The number of carboxylic acids is 2. The van der Waals surface area contributed by atoms with E-state index >= 15 is 0 Å². The Balaban J connectivity index is 2.17. The normalized spacial score (nSPS) is 12.5. The highest BCUT2D eigenvalue weighted by atomic mass is 33.1. The van der Waals surface area contributed by atoms with Crippen LogP contribution in [0.25, 0.3) is 0 Å².